The molecule has 0 bridgehead atoms. The van der Waals surface area contributed by atoms with Gasteiger partial charge in [0.2, 0.25) is 0 Å². The molecular weight excluding hydrogens is 416 g/mol. The van der Waals surface area contributed by atoms with Crippen LogP contribution in [0.25, 0.3) is 0 Å². The van der Waals surface area contributed by atoms with Crippen LogP contribution in [0.1, 0.15) is 51.3 Å². The summed E-state index contributed by atoms with van der Waals surface area (Å²) in [4.78, 5) is 12.3. The van der Waals surface area contributed by atoms with Crippen molar-refractivity contribution in [3.05, 3.63) is 83.9 Å². The van der Waals surface area contributed by atoms with Crippen molar-refractivity contribution in [2.24, 2.45) is 0 Å². The smallest absolute Gasteiger partial charge is 0.333 e. The molecule has 2 aromatic carbocycles. The first-order valence-corrected chi connectivity index (χ1v) is 14.2. The highest BCUT2D eigenvalue weighted by molar-refractivity contribution is 6.74. The second-order valence-corrected chi connectivity index (χ2v) is 14.3. The third-order valence-electron chi connectivity index (χ3n) is 6.01. The molecule has 2 atom stereocenters. The fraction of sp³-hybridized carbons (Fsp3) is 0.444. The summed E-state index contributed by atoms with van der Waals surface area (Å²) in [5.41, 5.74) is 2.50. The van der Waals surface area contributed by atoms with E-state index in [4.69, 9.17) is 13.9 Å². The molecule has 2 rings (SSSR count). The molecule has 0 aliphatic rings. The molecule has 0 saturated carbocycles. The average Bonchev–Trinajstić information content (AvgIpc) is 2.75. The predicted octanol–water partition coefficient (Wildman–Crippen LogP) is 6.84. The standard InChI is InChI=1S/C27H38O4Si/c1-8-29-26(28)21(2)19-24(30-20-22-15-11-9-12-16-22)25(23-17-13-10-14-18-23)31-32(6,7)27(3,4)5/h9-18,24-25H,2,8,19-20H2,1,3-7H3/t24-,25-/m1/s1. The van der Waals surface area contributed by atoms with Crippen LogP contribution in [-0.2, 0) is 25.3 Å². The maximum atomic E-state index is 12.3. The monoisotopic (exact) mass is 454 g/mol. The number of ether oxygens (including phenoxy) is 2. The van der Waals surface area contributed by atoms with Crippen LogP contribution in [0.3, 0.4) is 0 Å². The molecule has 32 heavy (non-hydrogen) atoms. The lowest BCUT2D eigenvalue weighted by atomic mass is 9.98. The van der Waals surface area contributed by atoms with Gasteiger partial charge in [0.1, 0.15) is 0 Å². The summed E-state index contributed by atoms with van der Waals surface area (Å²) in [6.45, 7) is 17.7. The average molecular weight is 455 g/mol. The lowest BCUT2D eigenvalue weighted by Gasteiger charge is -2.41. The topological polar surface area (TPSA) is 44.8 Å². The van der Waals surface area contributed by atoms with Crippen molar-refractivity contribution in [3.63, 3.8) is 0 Å². The summed E-state index contributed by atoms with van der Waals surface area (Å²) in [5.74, 6) is -0.389. The maximum Gasteiger partial charge on any atom is 0.333 e. The molecule has 0 saturated heterocycles. The van der Waals surface area contributed by atoms with Crippen LogP contribution in [0.15, 0.2) is 72.8 Å². The van der Waals surface area contributed by atoms with E-state index in [1.54, 1.807) is 6.92 Å². The van der Waals surface area contributed by atoms with Gasteiger partial charge in [-0.05, 0) is 36.2 Å². The fourth-order valence-electron chi connectivity index (χ4n) is 3.09. The minimum absolute atomic E-state index is 0.0299. The highest BCUT2D eigenvalue weighted by Gasteiger charge is 2.41. The van der Waals surface area contributed by atoms with E-state index in [0.717, 1.165) is 11.1 Å². The third-order valence-corrected chi connectivity index (χ3v) is 10.5. The van der Waals surface area contributed by atoms with Gasteiger partial charge >= 0.3 is 5.97 Å². The zero-order valence-corrected chi connectivity index (χ0v) is 21.4. The lowest BCUT2D eigenvalue weighted by molar-refractivity contribution is -0.139. The van der Waals surface area contributed by atoms with E-state index in [9.17, 15) is 4.79 Å². The molecular formula is C27H38O4Si. The molecule has 174 valence electrons. The summed E-state index contributed by atoms with van der Waals surface area (Å²) >= 11 is 0. The van der Waals surface area contributed by atoms with Crippen LogP contribution in [0.2, 0.25) is 18.1 Å². The van der Waals surface area contributed by atoms with Crippen LogP contribution in [0.5, 0.6) is 0 Å². The number of carbonyl (C=O) groups excluding carboxylic acids is 1. The van der Waals surface area contributed by atoms with E-state index in [1.165, 1.54) is 0 Å². The Morgan fingerprint density at radius 1 is 1.00 bits per heavy atom. The summed E-state index contributed by atoms with van der Waals surface area (Å²) in [6.07, 6.45) is -0.379. The Bertz CT molecular complexity index is 856. The molecule has 0 aliphatic heterocycles. The second-order valence-electron chi connectivity index (χ2n) is 9.57. The van der Waals surface area contributed by atoms with Crippen LogP contribution < -0.4 is 0 Å². The summed E-state index contributed by atoms with van der Waals surface area (Å²) < 4.78 is 18.5. The van der Waals surface area contributed by atoms with Crippen molar-refractivity contribution in [1.82, 2.24) is 0 Å². The number of benzene rings is 2. The molecule has 0 unspecified atom stereocenters. The van der Waals surface area contributed by atoms with Gasteiger partial charge in [0.05, 0.1) is 25.4 Å². The molecule has 0 aliphatic carbocycles. The molecule has 5 heteroatoms. The van der Waals surface area contributed by atoms with Gasteiger partial charge in [-0.2, -0.15) is 0 Å². The number of hydrogen-bond donors (Lipinski definition) is 0. The summed E-state index contributed by atoms with van der Waals surface area (Å²) in [6, 6.07) is 20.2. The molecule has 4 nitrogen and oxygen atoms in total. The zero-order chi connectivity index (χ0) is 23.8. The molecule has 2 aromatic rings. The molecule has 0 amide bonds. The van der Waals surface area contributed by atoms with Gasteiger partial charge in [-0.1, -0.05) is 88.0 Å². The van der Waals surface area contributed by atoms with Crippen LogP contribution in [0.4, 0.5) is 0 Å². The number of rotatable bonds is 11. The van der Waals surface area contributed by atoms with Crippen molar-refractivity contribution in [2.45, 2.75) is 71.1 Å². The van der Waals surface area contributed by atoms with E-state index in [2.05, 4.69) is 52.6 Å². The van der Waals surface area contributed by atoms with Gasteiger partial charge < -0.3 is 13.9 Å². The Kier molecular flexibility index (Phi) is 9.43. The number of esters is 1. The second kappa shape index (κ2) is 11.6. The Hall–Kier alpha value is -2.21. The molecule has 0 heterocycles. The van der Waals surface area contributed by atoms with E-state index in [-0.39, 0.29) is 23.2 Å². The van der Waals surface area contributed by atoms with E-state index >= 15 is 0 Å². The Morgan fingerprint density at radius 2 is 1.56 bits per heavy atom. The predicted molar refractivity (Wildman–Crippen MR) is 133 cm³/mol. The minimum atomic E-state index is -2.14. The first-order chi connectivity index (χ1) is 15.0. The van der Waals surface area contributed by atoms with Crippen molar-refractivity contribution < 1.29 is 18.7 Å². The van der Waals surface area contributed by atoms with Crippen molar-refractivity contribution in [3.8, 4) is 0 Å². The largest absolute Gasteiger partial charge is 0.463 e. The molecule has 0 aromatic heterocycles. The Morgan fingerprint density at radius 3 is 2.09 bits per heavy atom. The molecule has 0 N–H and O–H groups in total. The molecule has 0 fully saturated rings. The molecule has 0 radical (unpaired) electrons. The van der Waals surface area contributed by atoms with Crippen molar-refractivity contribution in [2.75, 3.05) is 6.61 Å². The van der Waals surface area contributed by atoms with Crippen LogP contribution in [-0.4, -0.2) is 27.0 Å². The van der Waals surface area contributed by atoms with E-state index in [1.807, 2.05) is 48.5 Å². The summed E-state index contributed by atoms with van der Waals surface area (Å²) in [7, 11) is -2.14. The first-order valence-electron chi connectivity index (χ1n) is 11.3. The van der Waals surface area contributed by atoms with Gasteiger partial charge in [0.15, 0.2) is 8.32 Å². The van der Waals surface area contributed by atoms with Gasteiger partial charge in [-0.15, -0.1) is 0 Å². The SMILES string of the molecule is C=C(C[C@@H](OCc1ccccc1)[C@H](O[Si](C)(C)C(C)(C)C)c1ccccc1)C(=O)OCC. The van der Waals surface area contributed by atoms with Gasteiger partial charge in [-0.3, -0.25) is 0 Å². The van der Waals surface area contributed by atoms with Crippen molar-refractivity contribution >= 4 is 14.3 Å². The highest BCUT2D eigenvalue weighted by atomic mass is 28.4. The van der Waals surface area contributed by atoms with Crippen molar-refractivity contribution in [1.29, 1.82) is 0 Å². The first kappa shape index (κ1) is 26.0. The van der Waals surface area contributed by atoms with Crippen LogP contribution >= 0.6 is 0 Å². The number of hydrogen-bond acceptors (Lipinski definition) is 4. The number of carbonyl (C=O) groups is 1. The summed E-state index contributed by atoms with van der Waals surface area (Å²) in [5, 5.41) is 0.0299. The van der Waals surface area contributed by atoms with Gasteiger partial charge in [-0.25, -0.2) is 4.79 Å². The van der Waals surface area contributed by atoms with Gasteiger partial charge in [0, 0.05) is 12.0 Å². The highest BCUT2D eigenvalue weighted by Crippen LogP contribution is 2.42. The van der Waals surface area contributed by atoms with Crippen LogP contribution in [0, 0.1) is 0 Å². The van der Waals surface area contributed by atoms with Gasteiger partial charge in [0.25, 0.3) is 0 Å². The fourth-order valence-corrected chi connectivity index (χ4v) is 4.36. The molecule has 0 spiro atoms. The Labute approximate surface area is 194 Å². The quantitative estimate of drug-likeness (QED) is 0.212. The maximum absolute atomic E-state index is 12.3. The lowest BCUT2D eigenvalue weighted by Crippen LogP contribution is -2.44. The third kappa shape index (κ3) is 7.43. The Balaban J connectivity index is 2.39. The zero-order valence-electron chi connectivity index (χ0n) is 20.4. The normalized spacial score (nSPS) is 13.9. The minimum Gasteiger partial charge on any atom is -0.463 e. The van der Waals surface area contributed by atoms with E-state index < -0.39 is 8.32 Å². The van der Waals surface area contributed by atoms with E-state index in [0.29, 0.717) is 25.2 Å².